The van der Waals surface area contributed by atoms with E-state index in [9.17, 15) is 0 Å². The van der Waals surface area contributed by atoms with Crippen LogP contribution in [0.1, 0.15) is 46.0 Å². The van der Waals surface area contributed by atoms with Gasteiger partial charge in [-0.3, -0.25) is 4.84 Å². The summed E-state index contributed by atoms with van der Waals surface area (Å²) in [5.74, 6) is 0.659. The summed E-state index contributed by atoms with van der Waals surface area (Å²) < 4.78 is 0. The number of hydrogen-bond acceptors (Lipinski definition) is 2. The van der Waals surface area contributed by atoms with Crippen LogP contribution in [0, 0.1) is 5.92 Å². The van der Waals surface area contributed by atoms with Crippen molar-refractivity contribution in [2.24, 2.45) is 5.92 Å². The van der Waals surface area contributed by atoms with E-state index in [4.69, 9.17) is 4.84 Å². The van der Waals surface area contributed by atoms with Crippen LogP contribution in [0.4, 0.5) is 0 Å². The average Bonchev–Trinajstić information content (AvgIpc) is 2.84. The largest absolute Gasteiger partial charge is 0.275 e. The second-order valence-electron chi connectivity index (χ2n) is 4.39. The van der Waals surface area contributed by atoms with Crippen LogP contribution >= 0.6 is 0 Å². The van der Waals surface area contributed by atoms with E-state index >= 15 is 0 Å². The first-order valence-corrected chi connectivity index (χ1v) is 5.24. The summed E-state index contributed by atoms with van der Waals surface area (Å²) in [6, 6.07) is 0.742. The molecule has 0 spiro atoms. The summed E-state index contributed by atoms with van der Waals surface area (Å²) in [5, 5.41) is 2.23. The van der Waals surface area contributed by atoms with Crippen LogP contribution in [0.15, 0.2) is 0 Å². The maximum Gasteiger partial charge on any atom is 0.157 e. The summed E-state index contributed by atoms with van der Waals surface area (Å²) in [7, 11) is 0. The van der Waals surface area contributed by atoms with Crippen molar-refractivity contribution in [3.8, 4) is 0 Å². The molecular formula is C10H19NO. The molecule has 12 heavy (non-hydrogen) atoms. The lowest BCUT2D eigenvalue weighted by molar-refractivity contribution is 0.119. The lowest BCUT2D eigenvalue weighted by atomic mass is 9.95. The van der Waals surface area contributed by atoms with Crippen molar-refractivity contribution in [1.82, 2.24) is 5.06 Å². The average molecular weight is 169 g/mol. The highest BCUT2D eigenvalue weighted by Crippen LogP contribution is 2.35. The fourth-order valence-corrected chi connectivity index (χ4v) is 2.14. The minimum Gasteiger partial charge on any atom is -0.275 e. The Morgan fingerprint density at radius 2 is 1.83 bits per heavy atom. The Bertz CT molecular complexity index is 152. The molecule has 1 aliphatic heterocycles. The molecule has 2 unspecified atom stereocenters. The Morgan fingerprint density at radius 1 is 1.17 bits per heavy atom. The Kier molecular flexibility index (Phi) is 2.37. The molecule has 0 amide bonds. The van der Waals surface area contributed by atoms with Crippen molar-refractivity contribution in [1.29, 1.82) is 0 Å². The quantitative estimate of drug-likeness (QED) is 0.590. The smallest absolute Gasteiger partial charge is 0.157 e. The van der Waals surface area contributed by atoms with E-state index in [1.807, 2.05) is 0 Å². The first kappa shape index (κ1) is 8.52. The molecule has 0 bridgehead atoms. The van der Waals surface area contributed by atoms with Gasteiger partial charge in [0.25, 0.3) is 0 Å². The minimum atomic E-state index is 0.438. The van der Waals surface area contributed by atoms with E-state index in [-0.39, 0.29) is 0 Å². The summed E-state index contributed by atoms with van der Waals surface area (Å²) in [5.41, 5.74) is 0. The third-order valence-corrected chi connectivity index (χ3v) is 2.94. The molecule has 1 heterocycles. The van der Waals surface area contributed by atoms with Crippen molar-refractivity contribution in [2.75, 3.05) is 0 Å². The highest BCUT2D eigenvalue weighted by Gasteiger charge is 2.44. The zero-order valence-corrected chi connectivity index (χ0v) is 8.12. The van der Waals surface area contributed by atoms with Gasteiger partial charge in [-0.05, 0) is 18.8 Å². The van der Waals surface area contributed by atoms with Crippen LogP contribution < -0.4 is 0 Å². The van der Waals surface area contributed by atoms with Gasteiger partial charge in [0, 0.05) is 6.04 Å². The van der Waals surface area contributed by atoms with Gasteiger partial charge in [0.15, 0.2) is 6.23 Å². The fourth-order valence-electron chi connectivity index (χ4n) is 2.14. The Hall–Kier alpha value is -0.0800. The summed E-state index contributed by atoms with van der Waals surface area (Å²) in [6.07, 6.45) is 7.36. The van der Waals surface area contributed by atoms with Crippen LogP contribution in [0.2, 0.25) is 0 Å². The second-order valence-corrected chi connectivity index (χ2v) is 4.39. The van der Waals surface area contributed by atoms with Crippen LogP contribution in [-0.2, 0) is 4.84 Å². The summed E-state index contributed by atoms with van der Waals surface area (Å²) in [4.78, 5) is 5.55. The third kappa shape index (κ3) is 1.64. The highest BCUT2D eigenvalue weighted by atomic mass is 16.8. The standard InChI is InChI=1S/C10H19NO/c1-8(2)10-11(12-10)9-6-4-3-5-7-9/h8-10H,3-7H2,1-2H3. The number of nitrogens with zero attached hydrogens (tertiary/aromatic N) is 1. The molecule has 2 fully saturated rings. The molecule has 70 valence electrons. The van der Waals surface area contributed by atoms with Crippen LogP contribution in [-0.4, -0.2) is 17.3 Å². The second kappa shape index (κ2) is 3.35. The van der Waals surface area contributed by atoms with E-state index < -0.39 is 0 Å². The SMILES string of the molecule is CC(C)C1ON1C1CCCCC1. The molecule has 2 rings (SSSR count). The van der Waals surface area contributed by atoms with E-state index in [0.717, 1.165) is 6.04 Å². The van der Waals surface area contributed by atoms with Gasteiger partial charge in [-0.2, -0.15) is 5.06 Å². The summed E-state index contributed by atoms with van der Waals surface area (Å²) >= 11 is 0. The van der Waals surface area contributed by atoms with Gasteiger partial charge in [-0.25, -0.2) is 0 Å². The Balaban J connectivity index is 1.79. The molecular weight excluding hydrogens is 150 g/mol. The molecule has 2 aliphatic rings. The van der Waals surface area contributed by atoms with Crippen molar-refractivity contribution >= 4 is 0 Å². The van der Waals surface area contributed by atoms with Crippen molar-refractivity contribution in [2.45, 2.75) is 58.2 Å². The van der Waals surface area contributed by atoms with Gasteiger partial charge in [-0.1, -0.05) is 33.1 Å². The minimum absolute atomic E-state index is 0.438. The molecule has 2 atom stereocenters. The van der Waals surface area contributed by atoms with E-state index in [1.54, 1.807) is 0 Å². The van der Waals surface area contributed by atoms with Gasteiger partial charge in [-0.15, -0.1) is 0 Å². The van der Waals surface area contributed by atoms with Gasteiger partial charge in [0.1, 0.15) is 0 Å². The zero-order valence-electron chi connectivity index (χ0n) is 8.12. The maximum atomic E-state index is 5.55. The van der Waals surface area contributed by atoms with Crippen LogP contribution in [0.5, 0.6) is 0 Å². The monoisotopic (exact) mass is 169 g/mol. The van der Waals surface area contributed by atoms with Crippen molar-refractivity contribution in [3.63, 3.8) is 0 Å². The highest BCUT2D eigenvalue weighted by molar-refractivity contribution is 4.80. The molecule has 0 aromatic rings. The lowest BCUT2D eigenvalue weighted by Crippen LogP contribution is -2.24. The normalized spacial score (nSPS) is 37.2. The maximum absolute atomic E-state index is 5.55. The number of hydroxylamine groups is 2. The topological polar surface area (TPSA) is 15.5 Å². The molecule has 1 aliphatic carbocycles. The molecule has 0 radical (unpaired) electrons. The van der Waals surface area contributed by atoms with Gasteiger partial charge >= 0.3 is 0 Å². The lowest BCUT2D eigenvalue weighted by Gasteiger charge is -2.20. The van der Waals surface area contributed by atoms with E-state index in [2.05, 4.69) is 18.9 Å². The fraction of sp³-hybridized carbons (Fsp3) is 1.00. The zero-order chi connectivity index (χ0) is 8.55. The van der Waals surface area contributed by atoms with E-state index in [1.165, 1.54) is 32.1 Å². The van der Waals surface area contributed by atoms with Gasteiger partial charge in [0.05, 0.1) is 0 Å². The van der Waals surface area contributed by atoms with E-state index in [0.29, 0.717) is 12.1 Å². The van der Waals surface area contributed by atoms with Gasteiger partial charge < -0.3 is 0 Å². The number of hydrogen-bond donors (Lipinski definition) is 0. The molecule has 2 nitrogen and oxygen atoms in total. The molecule has 2 heteroatoms. The molecule has 1 saturated carbocycles. The first-order valence-electron chi connectivity index (χ1n) is 5.24. The van der Waals surface area contributed by atoms with Gasteiger partial charge in [0.2, 0.25) is 0 Å². The summed E-state index contributed by atoms with van der Waals surface area (Å²) in [6.45, 7) is 4.46. The van der Waals surface area contributed by atoms with Crippen molar-refractivity contribution < 1.29 is 4.84 Å². The Morgan fingerprint density at radius 3 is 2.33 bits per heavy atom. The third-order valence-electron chi connectivity index (χ3n) is 2.94. The van der Waals surface area contributed by atoms with Crippen LogP contribution in [0.3, 0.4) is 0 Å². The molecule has 0 aromatic carbocycles. The molecule has 0 N–H and O–H groups in total. The van der Waals surface area contributed by atoms with Crippen molar-refractivity contribution in [3.05, 3.63) is 0 Å². The molecule has 1 saturated heterocycles. The van der Waals surface area contributed by atoms with Crippen LogP contribution in [0.25, 0.3) is 0 Å². The predicted octanol–water partition coefficient (Wildman–Crippen LogP) is 2.55. The number of rotatable bonds is 2. The molecule has 0 aromatic heterocycles. The first-order chi connectivity index (χ1) is 5.79. The Labute approximate surface area is 74.8 Å². The predicted molar refractivity (Wildman–Crippen MR) is 48.4 cm³/mol.